The number of carboxylic acid groups (broad SMARTS) is 1. The molecule has 1 rings (SSSR count). The molecule has 9 heteroatoms. The summed E-state index contributed by atoms with van der Waals surface area (Å²) in [6.45, 7) is -0.281. The Morgan fingerprint density at radius 3 is 2.50 bits per heavy atom. The summed E-state index contributed by atoms with van der Waals surface area (Å²) in [6.07, 6.45) is 0.130. The van der Waals surface area contributed by atoms with Crippen molar-refractivity contribution in [2.75, 3.05) is 5.32 Å². The van der Waals surface area contributed by atoms with Crippen LogP contribution in [0.4, 0.5) is 23.7 Å². The number of ether oxygens (including phenoxy) is 1. The van der Waals surface area contributed by atoms with Crippen LogP contribution in [-0.2, 0) is 4.79 Å². The van der Waals surface area contributed by atoms with Crippen LogP contribution in [0.25, 0.3) is 0 Å². The van der Waals surface area contributed by atoms with Crippen molar-refractivity contribution in [2.45, 2.75) is 32.4 Å². The SMILES string of the molecule is CC[C@](C)(NC(=O)Nc1ccc(OC(F)F)c(F)c1)C(=O)O. The summed E-state index contributed by atoms with van der Waals surface area (Å²) < 4.78 is 41.4. The zero-order valence-corrected chi connectivity index (χ0v) is 11.8. The number of hydrogen-bond acceptors (Lipinski definition) is 3. The number of rotatable bonds is 6. The number of amides is 2. The van der Waals surface area contributed by atoms with Crippen molar-refractivity contribution in [3.63, 3.8) is 0 Å². The van der Waals surface area contributed by atoms with Gasteiger partial charge in [0.05, 0.1) is 0 Å². The fourth-order valence-corrected chi connectivity index (χ4v) is 1.48. The van der Waals surface area contributed by atoms with Crippen LogP contribution in [0, 0.1) is 5.82 Å². The quantitative estimate of drug-likeness (QED) is 0.752. The molecular formula is C13H15F3N2O4. The third-order valence-electron chi connectivity index (χ3n) is 2.97. The van der Waals surface area contributed by atoms with E-state index in [0.29, 0.717) is 0 Å². The van der Waals surface area contributed by atoms with Crippen molar-refractivity contribution < 1.29 is 32.6 Å². The molecule has 1 aromatic carbocycles. The van der Waals surface area contributed by atoms with E-state index in [1.807, 2.05) is 0 Å². The molecule has 0 bridgehead atoms. The van der Waals surface area contributed by atoms with E-state index < -0.39 is 35.7 Å². The highest BCUT2D eigenvalue weighted by Gasteiger charge is 2.32. The first-order valence-corrected chi connectivity index (χ1v) is 6.25. The molecule has 1 aromatic rings. The van der Waals surface area contributed by atoms with Gasteiger partial charge in [-0.2, -0.15) is 8.78 Å². The van der Waals surface area contributed by atoms with Crippen LogP contribution in [0.1, 0.15) is 20.3 Å². The maximum atomic E-state index is 13.5. The van der Waals surface area contributed by atoms with E-state index in [0.717, 1.165) is 18.2 Å². The molecule has 0 saturated carbocycles. The summed E-state index contributed by atoms with van der Waals surface area (Å²) in [5.41, 5.74) is -1.53. The van der Waals surface area contributed by atoms with E-state index in [1.165, 1.54) is 6.92 Å². The fourth-order valence-electron chi connectivity index (χ4n) is 1.48. The van der Waals surface area contributed by atoms with Gasteiger partial charge in [-0.1, -0.05) is 6.92 Å². The second-order valence-corrected chi connectivity index (χ2v) is 4.59. The largest absolute Gasteiger partial charge is 0.480 e. The molecule has 0 radical (unpaired) electrons. The maximum Gasteiger partial charge on any atom is 0.387 e. The third kappa shape index (κ3) is 4.54. The normalized spacial score (nSPS) is 13.4. The zero-order chi connectivity index (χ0) is 16.9. The smallest absolute Gasteiger partial charge is 0.387 e. The van der Waals surface area contributed by atoms with Crippen molar-refractivity contribution in [2.24, 2.45) is 0 Å². The van der Waals surface area contributed by atoms with Crippen LogP contribution in [-0.4, -0.2) is 29.3 Å². The Morgan fingerprint density at radius 2 is 2.05 bits per heavy atom. The highest BCUT2D eigenvalue weighted by molar-refractivity contribution is 5.93. The molecule has 0 saturated heterocycles. The predicted octanol–water partition coefficient (Wildman–Crippen LogP) is 2.80. The highest BCUT2D eigenvalue weighted by atomic mass is 19.3. The lowest BCUT2D eigenvalue weighted by molar-refractivity contribution is -0.143. The molecule has 1 atom stereocenters. The highest BCUT2D eigenvalue weighted by Crippen LogP contribution is 2.23. The molecule has 0 heterocycles. The molecule has 0 aromatic heterocycles. The topological polar surface area (TPSA) is 87.7 Å². The lowest BCUT2D eigenvalue weighted by Crippen LogP contribution is -2.53. The Hall–Kier alpha value is -2.45. The number of hydrogen-bond donors (Lipinski definition) is 3. The molecule has 3 N–H and O–H groups in total. The van der Waals surface area contributed by atoms with E-state index >= 15 is 0 Å². The number of anilines is 1. The molecule has 0 aliphatic rings. The molecule has 0 aliphatic heterocycles. The van der Waals surface area contributed by atoms with Gasteiger partial charge in [0.25, 0.3) is 0 Å². The summed E-state index contributed by atoms with van der Waals surface area (Å²) in [5.74, 6) is -2.98. The number of urea groups is 1. The fraction of sp³-hybridized carbons (Fsp3) is 0.385. The van der Waals surface area contributed by atoms with E-state index in [9.17, 15) is 22.8 Å². The van der Waals surface area contributed by atoms with E-state index in [-0.39, 0.29) is 12.1 Å². The molecule has 0 unspecified atom stereocenters. The Labute approximate surface area is 124 Å². The average Bonchev–Trinajstić information content (AvgIpc) is 2.41. The minimum atomic E-state index is -3.17. The first-order chi connectivity index (χ1) is 10.2. The number of carboxylic acids is 1. The van der Waals surface area contributed by atoms with Crippen LogP contribution in [0.15, 0.2) is 18.2 Å². The monoisotopic (exact) mass is 320 g/mol. The standard InChI is InChI=1S/C13H15F3N2O4/c1-3-13(2,10(19)20)18-12(21)17-7-4-5-9(8(14)6-7)22-11(15)16/h4-6,11H,3H2,1-2H3,(H,19,20)(H2,17,18,21)/t13-/m0/s1. The lowest BCUT2D eigenvalue weighted by atomic mass is 10.00. The van der Waals surface area contributed by atoms with Crippen molar-refractivity contribution in [1.29, 1.82) is 0 Å². The van der Waals surface area contributed by atoms with Crippen LogP contribution in [0.3, 0.4) is 0 Å². The van der Waals surface area contributed by atoms with Crippen molar-refractivity contribution in [3.8, 4) is 5.75 Å². The van der Waals surface area contributed by atoms with Crippen LogP contribution < -0.4 is 15.4 Å². The number of halogens is 3. The minimum absolute atomic E-state index is 0.0412. The Balaban J connectivity index is 2.77. The van der Waals surface area contributed by atoms with Gasteiger partial charge in [-0.3, -0.25) is 0 Å². The second-order valence-electron chi connectivity index (χ2n) is 4.59. The van der Waals surface area contributed by atoms with Gasteiger partial charge in [0.1, 0.15) is 5.54 Å². The van der Waals surface area contributed by atoms with Gasteiger partial charge in [-0.15, -0.1) is 0 Å². The van der Waals surface area contributed by atoms with Crippen LogP contribution in [0.5, 0.6) is 5.75 Å². The number of aliphatic carboxylic acids is 1. The van der Waals surface area contributed by atoms with E-state index in [2.05, 4.69) is 15.4 Å². The summed E-state index contributed by atoms with van der Waals surface area (Å²) in [5, 5.41) is 13.5. The number of benzene rings is 1. The third-order valence-corrected chi connectivity index (χ3v) is 2.97. The van der Waals surface area contributed by atoms with Crippen LogP contribution in [0.2, 0.25) is 0 Å². The minimum Gasteiger partial charge on any atom is -0.480 e. The zero-order valence-electron chi connectivity index (χ0n) is 11.8. The Bertz CT molecular complexity index is 568. The number of carbonyl (C=O) groups is 2. The number of alkyl halides is 2. The van der Waals surface area contributed by atoms with Gasteiger partial charge in [0.15, 0.2) is 11.6 Å². The van der Waals surface area contributed by atoms with Crippen LogP contribution >= 0.6 is 0 Å². The molecule has 2 amide bonds. The second kappa shape index (κ2) is 7.01. The van der Waals surface area contributed by atoms with Gasteiger partial charge < -0.3 is 20.5 Å². The summed E-state index contributed by atoms with van der Waals surface area (Å²) in [7, 11) is 0. The van der Waals surface area contributed by atoms with E-state index in [1.54, 1.807) is 6.92 Å². The van der Waals surface area contributed by atoms with Crippen molar-refractivity contribution in [1.82, 2.24) is 5.32 Å². The molecule has 0 aliphatic carbocycles. The molecule has 6 nitrogen and oxygen atoms in total. The lowest BCUT2D eigenvalue weighted by Gasteiger charge is -2.24. The molecule has 0 spiro atoms. The Morgan fingerprint density at radius 1 is 1.41 bits per heavy atom. The van der Waals surface area contributed by atoms with E-state index in [4.69, 9.17) is 5.11 Å². The summed E-state index contributed by atoms with van der Waals surface area (Å²) in [6, 6.07) is 1.98. The number of nitrogens with one attached hydrogen (secondary N) is 2. The maximum absolute atomic E-state index is 13.5. The Kier molecular flexibility index (Phi) is 5.61. The van der Waals surface area contributed by atoms with Gasteiger partial charge in [0.2, 0.25) is 0 Å². The average molecular weight is 320 g/mol. The van der Waals surface area contributed by atoms with Crippen molar-refractivity contribution in [3.05, 3.63) is 24.0 Å². The first-order valence-electron chi connectivity index (χ1n) is 6.25. The molecule has 22 heavy (non-hydrogen) atoms. The summed E-state index contributed by atoms with van der Waals surface area (Å²) >= 11 is 0. The number of carbonyl (C=O) groups excluding carboxylic acids is 1. The molecule has 122 valence electrons. The van der Waals surface area contributed by atoms with Gasteiger partial charge in [-0.25, -0.2) is 14.0 Å². The van der Waals surface area contributed by atoms with Gasteiger partial charge in [-0.05, 0) is 25.5 Å². The molecule has 0 fully saturated rings. The summed E-state index contributed by atoms with van der Waals surface area (Å²) in [4.78, 5) is 22.8. The first kappa shape index (κ1) is 17.6. The predicted molar refractivity (Wildman–Crippen MR) is 71.5 cm³/mol. The van der Waals surface area contributed by atoms with Gasteiger partial charge in [0, 0.05) is 11.8 Å². The van der Waals surface area contributed by atoms with Crippen molar-refractivity contribution >= 4 is 17.7 Å². The molecular weight excluding hydrogens is 305 g/mol. The van der Waals surface area contributed by atoms with Gasteiger partial charge >= 0.3 is 18.6 Å².